The van der Waals surface area contributed by atoms with Crippen LogP contribution in [0.15, 0.2) is 48.5 Å². The Labute approximate surface area is 178 Å². The van der Waals surface area contributed by atoms with Gasteiger partial charge in [-0.25, -0.2) is 9.18 Å². The predicted octanol–water partition coefficient (Wildman–Crippen LogP) is 2.89. The number of para-hydroxylation sites is 2. The molecule has 1 aliphatic carbocycles. The molecule has 8 heteroatoms. The number of carbonyl (C=O) groups is 3. The van der Waals surface area contributed by atoms with E-state index in [2.05, 4.69) is 0 Å². The van der Waals surface area contributed by atoms with Crippen LogP contribution >= 0.6 is 0 Å². The van der Waals surface area contributed by atoms with Gasteiger partial charge >= 0.3 is 5.97 Å². The average molecular weight is 424 g/mol. The third-order valence-corrected chi connectivity index (χ3v) is 5.95. The molecule has 5 rings (SSSR count). The smallest absolute Gasteiger partial charge is 0.353 e. The Kier molecular flexibility index (Phi) is 4.64. The lowest BCUT2D eigenvalue weighted by molar-refractivity contribution is -0.158. The molecular formula is C23H21FN2O5. The molecule has 0 aromatic heterocycles. The largest absolute Gasteiger partial charge is 0.487 e. The van der Waals surface area contributed by atoms with Crippen LogP contribution in [-0.4, -0.2) is 47.6 Å². The van der Waals surface area contributed by atoms with Crippen molar-refractivity contribution >= 4 is 23.5 Å². The third kappa shape index (κ3) is 3.05. The molecule has 2 heterocycles. The van der Waals surface area contributed by atoms with Gasteiger partial charge in [-0.3, -0.25) is 14.5 Å². The van der Waals surface area contributed by atoms with Crippen LogP contribution in [0.25, 0.3) is 0 Å². The molecule has 1 saturated carbocycles. The Hall–Kier alpha value is -3.42. The summed E-state index contributed by atoms with van der Waals surface area (Å²) in [5.74, 6) is -1.58. The maximum Gasteiger partial charge on any atom is 0.353 e. The number of amides is 2. The van der Waals surface area contributed by atoms with Gasteiger partial charge in [-0.05, 0) is 37.1 Å². The second-order valence-corrected chi connectivity index (χ2v) is 7.88. The van der Waals surface area contributed by atoms with E-state index in [0.29, 0.717) is 11.3 Å². The summed E-state index contributed by atoms with van der Waals surface area (Å²) in [4.78, 5) is 42.5. The van der Waals surface area contributed by atoms with E-state index >= 15 is 0 Å². The van der Waals surface area contributed by atoms with Crippen molar-refractivity contribution in [3.05, 3.63) is 59.9 Å². The molecule has 7 nitrogen and oxygen atoms in total. The van der Waals surface area contributed by atoms with Crippen LogP contribution < -0.4 is 9.64 Å². The Morgan fingerprint density at radius 2 is 1.81 bits per heavy atom. The number of benzene rings is 2. The fraction of sp³-hybridized carbons (Fsp3) is 0.348. The molecule has 3 aliphatic rings. The second kappa shape index (κ2) is 7.37. The number of halogens is 1. The minimum absolute atomic E-state index is 0.0509. The van der Waals surface area contributed by atoms with Crippen molar-refractivity contribution in [3.8, 4) is 5.75 Å². The van der Waals surface area contributed by atoms with Gasteiger partial charge in [-0.2, -0.15) is 0 Å². The molecule has 1 saturated heterocycles. The van der Waals surface area contributed by atoms with Gasteiger partial charge in [0.1, 0.15) is 13.2 Å². The SMILES string of the molecule is O=C1CC[C@]2(C(=O)OCCOc3ccccc3F)N1c1ccccc1C(=O)N2C1CC1. The Morgan fingerprint density at radius 1 is 1.06 bits per heavy atom. The van der Waals surface area contributed by atoms with Crippen molar-refractivity contribution in [1.82, 2.24) is 4.90 Å². The van der Waals surface area contributed by atoms with Crippen molar-refractivity contribution in [1.29, 1.82) is 0 Å². The second-order valence-electron chi connectivity index (χ2n) is 7.88. The van der Waals surface area contributed by atoms with E-state index in [-0.39, 0.29) is 49.7 Å². The monoisotopic (exact) mass is 424 g/mol. The van der Waals surface area contributed by atoms with E-state index in [1.807, 2.05) is 0 Å². The standard InChI is InChI=1S/C23H21FN2O5/c24-17-6-2-4-8-19(17)30-13-14-31-22(29)23-12-11-20(27)26(23)18-7-3-1-5-16(18)21(28)25(23)15-9-10-15/h1-8,15H,9-14H2/t23-/m1/s1. The number of anilines is 1. The predicted molar refractivity (Wildman–Crippen MR) is 108 cm³/mol. The number of nitrogens with zero attached hydrogens (tertiary/aromatic N) is 2. The summed E-state index contributed by atoms with van der Waals surface area (Å²) in [7, 11) is 0. The zero-order valence-corrected chi connectivity index (χ0v) is 16.8. The molecule has 0 bridgehead atoms. The van der Waals surface area contributed by atoms with Crippen molar-refractivity contribution < 1.29 is 28.2 Å². The molecule has 0 radical (unpaired) electrons. The van der Waals surface area contributed by atoms with Crippen LogP contribution in [-0.2, 0) is 14.3 Å². The van der Waals surface area contributed by atoms with Crippen LogP contribution in [0.5, 0.6) is 5.75 Å². The summed E-state index contributed by atoms with van der Waals surface area (Å²) in [6.07, 6.45) is 1.88. The van der Waals surface area contributed by atoms with Crippen molar-refractivity contribution in [2.24, 2.45) is 0 Å². The lowest BCUT2D eigenvalue weighted by Gasteiger charge is -2.48. The van der Waals surface area contributed by atoms with Crippen molar-refractivity contribution in [2.75, 3.05) is 18.1 Å². The molecule has 1 atom stereocenters. The van der Waals surface area contributed by atoms with E-state index in [1.165, 1.54) is 17.0 Å². The van der Waals surface area contributed by atoms with Crippen molar-refractivity contribution in [3.63, 3.8) is 0 Å². The highest BCUT2D eigenvalue weighted by atomic mass is 19.1. The van der Waals surface area contributed by atoms with Gasteiger partial charge in [0, 0.05) is 18.9 Å². The summed E-state index contributed by atoms with van der Waals surface area (Å²) in [5.41, 5.74) is -0.635. The highest BCUT2D eigenvalue weighted by molar-refractivity contribution is 6.15. The first-order valence-corrected chi connectivity index (χ1v) is 10.3. The minimum atomic E-state index is -1.48. The lowest BCUT2D eigenvalue weighted by atomic mass is 9.96. The fourth-order valence-electron chi connectivity index (χ4n) is 4.48. The first-order chi connectivity index (χ1) is 15.0. The number of esters is 1. The van der Waals surface area contributed by atoms with Crippen LogP contribution in [0.1, 0.15) is 36.0 Å². The molecule has 2 amide bonds. The highest BCUT2D eigenvalue weighted by Gasteiger charge is 2.64. The molecule has 0 spiro atoms. The minimum Gasteiger partial charge on any atom is -0.487 e. The molecule has 0 N–H and O–H groups in total. The summed E-state index contributed by atoms with van der Waals surface area (Å²) >= 11 is 0. The van der Waals surface area contributed by atoms with E-state index < -0.39 is 17.4 Å². The van der Waals surface area contributed by atoms with Crippen LogP contribution in [0.4, 0.5) is 10.1 Å². The lowest BCUT2D eigenvalue weighted by Crippen LogP contribution is -2.69. The van der Waals surface area contributed by atoms with Gasteiger partial charge < -0.3 is 14.4 Å². The highest BCUT2D eigenvalue weighted by Crippen LogP contribution is 2.49. The summed E-state index contributed by atoms with van der Waals surface area (Å²) < 4.78 is 24.5. The molecular weight excluding hydrogens is 403 g/mol. The van der Waals surface area contributed by atoms with Gasteiger partial charge in [0.2, 0.25) is 11.6 Å². The summed E-state index contributed by atoms with van der Waals surface area (Å²) in [6.45, 7) is -0.185. The number of hydrogen-bond acceptors (Lipinski definition) is 5. The van der Waals surface area contributed by atoms with Crippen LogP contribution in [0.3, 0.4) is 0 Å². The van der Waals surface area contributed by atoms with Gasteiger partial charge in [0.25, 0.3) is 5.91 Å². The van der Waals surface area contributed by atoms with Crippen LogP contribution in [0.2, 0.25) is 0 Å². The Bertz CT molecular complexity index is 1070. The van der Waals surface area contributed by atoms with Gasteiger partial charge in [0.15, 0.2) is 11.6 Å². The first-order valence-electron chi connectivity index (χ1n) is 10.3. The Morgan fingerprint density at radius 3 is 2.58 bits per heavy atom. The summed E-state index contributed by atoms with van der Waals surface area (Å²) in [5, 5.41) is 0. The van der Waals surface area contributed by atoms with Crippen molar-refractivity contribution in [2.45, 2.75) is 37.4 Å². The number of fused-ring (bicyclic) bond motifs is 3. The molecule has 2 fully saturated rings. The number of hydrogen-bond donors (Lipinski definition) is 0. The van der Waals surface area contributed by atoms with E-state index in [9.17, 15) is 18.8 Å². The maximum atomic E-state index is 13.7. The molecule has 2 aliphatic heterocycles. The summed E-state index contributed by atoms with van der Waals surface area (Å²) in [6, 6.07) is 12.7. The van der Waals surface area contributed by atoms with Gasteiger partial charge in [0.05, 0.1) is 11.3 Å². The number of ether oxygens (including phenoxy) is 2. The van der Waals surface area contributed by atoms with Crippen LogP contribution in [0, 0.1) is 5.82 Å². The molecule has 0 unspecified atom stereocenters. The van der Waals surface area contributed by atoms with Gasteiger partial charge in [-0.1, -0.05) is 24.3 Å². The maximum absolute atomic E-state index is 13.7. The van der Waals surface area contributed by atoms with E-state index in [4.69, 9.17) is 9.47 Å². The normalized spacial score (nSPS) is 22.2. The zero-order valence-electron chi connectivity index (χ0n) is 16.8. The topological polar surface area (TPSA) is 76.2 Å². The molecule has 2 aromatic rings. The molecule has 31 heavy (non-hydrogen) atoms. The fourth-order valence-corrected chi connectivity index (χ4v) is 4.48. The Balaban J connectivity index is 1.40. The number of carbonyl (C=O) groups excluding carboxylic acids is 3. The zero-order chi connectivity index (χ0) is 21.6. The van der Waals surface area contributed by atoms with Gasteiger partial charge in [-0.15, -0.1) is 0 Å². The molecule has 2 aromatic carbocycles. The third-order valence-electron chi connectivity index (χ3n) is 5.95. The number of rotatable bonds is 6. The average Bonchev–Trinajstić information content (AvgIpc) is 3.54. The van der Waals surface area contributed by atoms with E-state index in [1.54, 1.807) is 41.3 Å². The quantitative estimate of drug-likeness (QED) is 0.527. The van der Waals surface area contributed by atoms with E-state index in [0.717, 1.165) is 12.8 Å². The first kappa shape index (κ1) is 19.5. The molecule has 160 valence electrons.